The molecule has 0 aliphatic carbocycles. The summed E-state index contributed by atoms with van der Waals surface area (Å²) in [5, 5.41) is 0. The van der Waals surface area contributed by atoms with Gasteiger partial charge in [0, 0.05) is 51.9 Å². The van der Waals surface area contributed by atoms with E-state index in [9.17, 15) is 13.6 Å². The van der Waals surface area contributed by atoms with Crippen LogP contribution >= 0.6 is 22.6 Å². The predicted molar refractivity (Wildman–Crippen MR) is 84.3 cm³/mol. The molecule has 0 saturated carbocycles. The van der Waals surface area contributed by atoms with Gasteiger partial charge in [-0.05, 0) is 9.13 Å². The molecule has 0 aliphatic rings. The summed E-state index contributed by atoms with van der Waals surface area (Å²) >= 11 is 1.84. The van der Waals surface area contributed by atoms with Crippen molar-refractivity contribution in [3.63, 3.8) is 0 Å². The minimum absolute atomic E-state index is 0. The molecule has 2 rings (SSSR count). The summed E-state index contributed by atoms with van der Waals surface area (Å²) in [6, 6.07) is 6.26. The second-order valence-electron chi connectivity index (χ2n) is 4.21. The number of rotatable bonds is 4. The quantitative estimate of drug-likeness (QED) is 0.374. The summed E-state index contributed by atoms with van der Waals surface area (Å²) in [5.74, 6) is -1.58. The molecule has 0 amide bonds. The molecule has 0 bridgehead atoms. The third-order valence-electron chi connectivity index (χ3n) is 2.80. The molecule has 0 atom stereocenters. The third-order valence-corrected chi connectivity index (χ3v) is 3.57. The van der Waals surface area contributed by atoms with Crippen molar-refractivity contribution < 1.29 is 46.2 Å². The Bertz CT molecular complexity index is 739. The number of pyridine rings is 1. The van der Waals surface area contributed by atoms with Crippen molar-refractivity contribution in [2.45, 2.75) is 0 Å². The van der Waals surface area contributed by atoms with Crippen molar-refractivity contribution in [2.75, 3.05) is 6.61 Å². The fourth-order valence-electron chi connectivity index (χ4n) is 1.81. The molecule has 22 heavy (non-hydrogen) atoms. The fourth-order valence-corrected chi connectivity index (χ4v) is 2.32. The van der Waals surface area contributed by atoms with E-state index in [4.69, 9.17) is 4.74 Å². The van der Waals surface area contributed by atoms with Gasteiger partial charge in [0.2, 0.25) is 5.56 Å². The van der Waals surface area contributed by atoms with Crippen LogP contribution in [0.1, 0.15) is 0 Å². The van der Waals surface area contributed by atoms with Gasteiger partial charge in [0.25, 0.3) is 0 Å². The number of halogens is 3. The molecule has 3 nitrogen and oxygen atoms in total. The summed E-state index contributed by atoms with van der Waals surface area (Å²) in [6.45, 7) is 3.60. The average molecular weight is 491 g/mol. The molecule has 0 aliphatic heterocycles. The van der Waals surface area contributed by atoms with E-state index in [1.807, 2.05) is 22.6 Å². The van der Waals surface area contributed by atoms with Crippen LogP contribution in [0, 0.1) is 21.3 Å². The van der Waals surface area contributed by atoms with E-state index in [0.29, 0.717) is 3.57 Å². The number of nitrogens with zero attached hydrogens (tertiary/aromatic N) is 1. The topological polar surface area (TPSA) is 31.2 Å². The molecular formula is C15H11F2INO2Y-. The zero-order valence-corrected chi connectivity index (χ0v) is 16.7. The fraction of sp³-hybridized carbons (Fsp3) is 0.133. The SMILES string of the molecule is C=CCOc1cc(F)c(-c2[c-]cc(I)c(=O)n2C)c(F)c1.[Y]. The molecular weight excluding hydrogens is 480 g/mol. The first-order valence-electron chi connectivity index (χ1n) is 5.96. The minimum Gasteiger partial charge on any atom is -0.489 e. The molecule has 7 heteroatoms. The number of hydrogen-bond acceptors (Lipinski definition) is 2. The van der Waals surface area contributed by atoms with Crippen molar-refractivity contribution in [2.24, 2.45) is 7.05 Å². The van der Waals surface area contributed by atoms with Crippen LogP contribution in [0.15, 0.2) is 35.6 Å². The Balaban J connectivity index is 0.00000242. The van der Waals surface area contributed by atoms with E-state index in [0.717, 1.165) is 16.7 Å². The standard InChI is InChI=1S/C15H11F2INO2.Y/c1-3-6-21-9-7-10(16)14(11(17)8-9)13-5-4-12(18)15(20)19(13)2;/h3-4,7-8H,1,6H2,2H3;/q-1;. The second kappa shape index (κ2) is 8.31. The van der Waals surface area contributed by atoms with Gasteiger partial charge >= 0.3 is 0 Å². The predicted octanol–water partition coefficient (Wildman–Crippen LogP) is 3.30. The number of hydrogen-bond donors (Lipinski definition) is 0. The Labute approximate surface area is 165 Å². The van der Waals surface area contributed by atoms with Crippen molar-refractivity contribution in [3.05, 3.63) is 62.5 Å². The Hall–Kier alpha value is -0.596. The zero-order chi connectivity index (χ0) is 15.6. The van der Waals surface area contributed by atoms with E-state index < -0.39 is 11.6 Å². The normalized spacial score (nSPS) is 10.0. The number of aromatic nitrogens is 1. The van der Waals surface area contributed by atoms with Crippen LogP contribution in [0.25, 0.3) is 11.3 Å². The van der Waals surface area contributed by atoms with Crippen LogP contribution in [0.3, 0.4) is 0 Å². The molecule has 1 aromatic carbocycles. The molecule has 1 radical (unpaired) electrons. The number of ether oxygens (including phenoxy) is 1. The van der Waals surface area contributed by atoms with Crippen LogP contribution < -0.4 is 10.3 Å². The van der Waals surface area contributed by atoms with Gasteiger partial charge < -0.3 is 9.30 Å². The van der Waals surface area contributed by atoms with Gasteiger partial charge in [0.05, 0.1) is 11.6 Å². The van der Waals surface area contributed by atoms with Gasteiger partial charge in [-0.2, -0.15) is 12.1 Å². The van der Waals surface area contributed by atoms with Crippen LogP contribution in [0.5, 0.6) is 5.75 Å². The maximum absolute atomic E-state index is 14.2. The van der Waals surface area contributed by atoms with Gasteiger partial charge in [0.15, 0.2) is 0 Å². The zero-order valence-electron chi connectivity index (χ0n) is 11.7. The summed E-state index contributed by atoms with van der Waals surface area (Å²) in [5.41, 5.74) is -0.599. The van der Waals surface area contributed by atoms with Gasteiger partial charge in [-0.1, -0.05) is 18.3 Å². The van der Waals surface area contributed by atoms with Crippen molar-refractivity contribution >= 4 is 22.6 Å². The molecule has 0 unspecified atom stereocenters. The molecule has 1 aromatic heterocycles. The Morgan fingerprint density at radius 3 is 2.55 bits per heavy atom. The third kappa shape index (κ3) is 4.03. The van der Waals surface area contributed by atoms with Crippen LogP contribution in [-0.4, -0.2) is 11.2 Å². The van der Waals surface area contributed by atoms with E-state index in [1.54, 1.807) is 0 Å². The smallest absolute Gasteiger partial charge is 0.207 e. The molecule has 0 fully saturated rings. The van der Waals surface area contributed by atoms with Gasteiger partial charge in [-0.15, -0.1) is 22.6 Å². The molecule has 0 spiro atoms. The minimum atomic E-state index is -0.818. The summed E-state index contributed by atoms with van der Waals surface area (Å²) in [6.07, 6.45) is 1.47. The second-order valence-corrected chi connectivity index (χ2v) is 5.37. The maximum atomic E-state index is 14.2. The van der Waals surface area contributed by atoms with Crippen molar-refractivity contribution in [3.8, 4) is 17.0 Å². The summed E-state index contributed by atoms with van der Waals surface area (Å²) in [4.78, 5) is 11.8. The summed E-state index contributed by atoms with van der Waals surface area (Å²) < 4.78 is 35.0. The van der Waals surface area contributed by atoms with Gasteiger partial charge in [-0.25, -0.2) is 8.78 Å². The molecule has 113 valence electrons. The molecule has 0 N–H and O–H groups in total. The van der Waals surface area contributed by atoms with E-state index in [-0.39, 0.29) is 61.9 Å². The first kappa shape index (κ1) is 19.5. The largest absolute Gasteiger partial charge is 0.489 e. The first-order chi connectivity index (χ1) is 9.95. The van der Waals surface area contributed by atoms with Crippen molar-refractivity contribution in [1.82, 2.24) is 4.57 Å². The Morgan fingerprint density at radius 1 is 1.41 bits per heavy atom. The molecule has 2 aromatic rings. The van der Waals surface area contributed by atoms with Crippen LogP contribution in [0.2, 0.25) is 0 Å². The molecule has 1 heterocycles. The van der Waals surface area contributed by atoms with Crippen LogP contribution in [0.4, 0.5) is 8.78 Å². The van der Waals surface area contributed by atoms with E-state index in [1.165, 1.54) is 19.2 Å². The first-order valence-corrected chi connectivity index (χ1v) is 7.04. The van der Waals surface area contributed by atoms with Crippen molar-refractivity contribution in [1.29, 1.82) is 0 Å². The monoisotopic (exact) mass is 491 g/mol. The number of benzene rings is 1. The maximum Gasteiger partial charge on any atom is 0.207 e. The van der Waals surface area contributed by atoms with Gasteiger partial charge in [-0.3, -0.25) is 4.79 Å². The summed E-state index contributed by atoms with van der Waals surface area (Å²) in [7, 11) is 1.44. The van der Waals surface area contributed by atoms with E-state index >= 15 is 0 Å². The van der Waals surface area contributed by atoms with Gasteiger partial charge in [0.1, 0.15) is 12.4 Å². The Kier molecular flexibility index (Phi) is 7.35. The Morgan fingerprint density at radius 2 is 2.00 bits per heavy atom. The average Bonchev–Trinajstić information content (AvgIpc) is 2.44. The molecule has 0 saturated heterocycles. The van der Waals surface area contributed by atoms with Crippen LogP contribution in [-0.2, 0) is 39.8 Å². The van der Waals surface area contributed by atoms with E-state index in [2.05, 4.69) is 12.6 Å².